The molecule has 0 atom stereocenters. The van der Waals surface area contributed by atoms with E-state index < -0.39 is 0 Å². The van der Waals surface area contributed by atoms with Crippen molar-refractivity contribution in [1.29, 1.82) is 0 Å². The van der Waals surface area contributed by atoms with Crippen molar-refractivity contribution in [1.82, 2.24) is 14.4 Å². The molecule has 5 heteroatoms. The zero-order valence-corrected chi connectivity index (χ0v) is 16.5. The van der Waals surface area contributed by atoms with E-state index >= 15 is 0 Å². The number of aromatic hydroxyl groups is 1. The number of rotatable bonds is 6. The van der Waals surface area contributed by atoms with Gasteiger partial charge in [-0.15, -0.1) is 0 Å². The SMILES string of the molecule is CN(Cc1ccccc1)Cc1c(O)c(=O)cc(CN2CCCCCC2)n1C. The van der Waals surface area contributed by atoms with Gasteiger partial charge < -0.3 is 9.67 Å². The Balaban J connectivity index is 1.77. The van der Waals surface area contributed by atoms with Crippen molar-refractivity contribution < 1.29 is 5.11 Å². The van der Waals surface area contributed by atoms with Gasteiger partial charge in [-0.25, -0.2) is 0 Å². The predicted molar refractivity (Wildman–Crippen MR) is 109 cm³/mol. The van der Waals surface area contributed by atoms with Crippen molar-refractivity contribution >= 4 is 0 Å². The second-order valence-corrected chi connectivity index (χ2v) is 7.70. The summed E-state index contributed by atoms with van der Waals surface area (Å²) in [6, 6.07) is 11.8. The van der Waals surface area contributed by atoms with Crippen LogP contribution in [0.5, 0.6) is 5.75 Å². The number of nitrogens with zero attached hydrogens (tertiary/aromatic N) is 3. The van der Waals surface area contributed by atoms with Gasteiger partial charge in [-0.1, -0.05) is 43.2 Å². The Morgan fingerprint density at radius 1 is 1.04 bits per heavy atom. The first-order chi connectivity index (χ1) is 13.0. The predicted octanol–water partition coefficient (Wildman–Crippen LogP) is 3.10. The minimum Gasteiger partial charge on any atom is -0.503 e. The quantitative estimate of drug-likeness (QED) is 0.850. The van der Waals surface area contributed by atoms with Gasteiger partial charge in [0.2, 0.25) is 5.43 Å². The fraction of sp³-hybridized carbons (Fsp3) is 0.500. The molecule has 27 heavy (non-hydrogen) atoms. The fourth-order valence-electron chi connectivity index (χ4n) is 3.85. The lowest BCUT2D eigenvalue weighted by Crippen LogP contribution is -2.29. The summed E-state index contributed by atoms with van der Waals surface area (Å²) in [5.74, 6) is -0.128. The number of likely N-dealkylation sites (tertiary alicyclic amines) is 1. The molecule has 0 radical (unpaired) electrons. The molecule has 1 N–H and O–H groups in total. The van der Waals surface area contributed by atoms with Crippen LogP contribution < -0.4 is 5.43 Å². The second kappa shape index (κ2) is 9.20. The van der Waals surface area contributed by atoms with Crippen molar-refractivity contribution in [2.75, 3.05) is 20.1 Å². The van der Waals surface area contributed by atoms with Gasteiger partial charge in [0, 0.05) is 38.4 Å². The van der Waals surface area contributed by atoms with Crippen molar-refractivity contribution in [3.05, 3.63) is 63.6 Å². The van der Waals surface area contributed by atoms with Gasteiger partial charge in [-0.2, -0.15) is 0 Å². The van der Waals surface area contributed by atoms with Gasteiger partial charge in [-0.3, -0.25) is 14.6 Å². The summed E-state index contributed by atoms with van der Waals surface area (Å²) >= 11 is 0. The lowest BCUT2D eigenvalue weighted by atomic mass is 10.2. The zero-order chi connectivity index (χ0) is 19.2. The summed E-state index contributed by atoms with van der Waals surface area (Å²) in [7, 11) is 3.97. The van der Waals surface area contributed by atoms with Crippen molar-refractivity contribution in [2.24, 2.45) is 7.05 Å². The number of aromatic nitrogens is 1. The average molecular weight is 370 g/mol. The molecular formula is C22H31N3O2. The van der Waals surface area contributed by atoms with E-state index in [0.717, 1.165) is 31.9 Å². The minimum absolute atomic E-state index is 0.128. The first-order valence-electron chi connectivity index (χ1n) is 9.90. The molecule has 146 valence electrons. The Morgan fingerprint density at radius 2 is 1.70 bits per heavy atom. The van der Waals surface area contributed by atoms with Gasteiger partial charge in [0.1, 0.15) is 0 Å². The Hall–Kier alpha value is -2.11. The number of benzene rings is 1. The highest BCUT2D eigenvalue weighted by Crippen LogP contribution is 2.19. The molecule has 1 aliphatic rings. The third-order valence-corrected chi connectivity index (χ3v) is 5.44. The van der Waals surface area contributed by atoms with Crippen LogP contribution in [0.2, 0.25) is 0 Å². The molecule has 2 heterocycles. The molecular weight excluding hydrogens is 338 g/mol. The molecule has 1 saturated heterocycles. The topological polar surface area (TPSA) is 48.7 Å². The normalized spacial score (nSPS) is 15.8. The monoisotopic (exact) mass is 369 g/mol. The minimum atomic E-state index is -0.277. The lowest BCUT2D eigenvalue weighted by Gasteiger charge is -2.25. The van der Waals surface area contributed by atoms with Crippen LogP contribution in [0.3, 0.4) is 0 Å². The summed E-state index contributed by atoms with van der Waals surface area (Å²) in [5, 5.41) is 10.4. The van der Waals surface area contributed by atoms with Crippen molar-refractivity contribution in [3.8, 4) is 5.75 Å². The van der Waals surface area contributed by atoms with E-state index in [1.54, 1.807) is 6.07 Å². The molecule has 1 aromatic carbocycles. The maximum atomic E-state index is 12.4. The van der Waals surface area contributed by atoms with E-state index in [9.17, 15) is 9.90 Å². The second-order valence-electron chi connectivity index (χ2n) is 7.70. The number of hydrogen-bond acceptors (Lipinski definition) is 4. The molecule has 0 saturated carbocycles. The maximum absolute atomic E-state index is 12.4. The summed E-state index contributed by atoms with van der Waals surface area (Å²) in [6.07, 6.45) is 5.03. The molecule has 0 spiro atoms. The van der Waals surface area contributed by atoms with Crippen LogP contribution in [0.1, 0.15) is 42.6 Å². The van der Waals surface area contributed by atoms with Crippen LogP contribution in [0.15, 0.2) is 41.2 Å². The fourth-order valence-corrected chi connectivity index (χ4v) is 3.85. The van der Waals surface area contributed by atoms with Gasteiger partial charge in [0.25, 0.3) is 0 Å². The van der Waals surface area contributed by atoms with E-state index in [4.69, 9.17) is 0 Å². The average Bonchev–Trinajstić information content (AvgIpc) is 2.93. The summed E-state index contributed by atoms with van der Waals surface area (Å²) < 4.78 is 2.00. The maximum Gasteiger partial charge on any atom is 0.223 e. The standard InChI is InChI=1S/C22H31N3O2/c1-23(15-18-10-6-5-7-11-18)17-20-22(27)21(26)14-19(24(20)2)16-25-12-8-3-4-9-13-25/h5-7,10-11,14,27H,3-4,8-9,12-13,15-17H2,1-2H3. The van der Waals surface area contributed by atoms with E-state index in [1.807, 2.05) is 36.9 Å². The van der Waals surface area contributed by atoms with Crippen molar-refractivity contribution in [2.45, 2.75) is 45.3 Å². The third-order valence-electron chi connectivity index (χ3n) is 5.44. The number of hydrogen-bond donors (Lipinski definition) is 1. The molecule has 0 amide bonds. The van der Waals surface area contributed by atoms with Crippen LogP contribution in [0.25, 0.3) is 0 Å². The Kier molecular flexibility index (Phi) is 6.69. The highest BCUT2D eigenvalue weighted by atomic mass is 16.3. The van der Waals surface area contributed by atoms with E-state index in [2.05, 4.69) is 21.9 Å². The van der Waals surface area contributed by atoms with Crippen molar-refractivity contribution in [3.63, 3.8) is 0 Å². The Labute approximate surface area is 161 Å². The molecule has 0 aliphatic carbocycles. The number of pyridine rings is 1. The highest BCUT2D eigenvalue weighted by molar-refractivity contribution is 5.30. The van der Waals surface area contributed by atoms with Gasteiger partial charge >= 0.3 is 0 Å². The van der Waals surface area contributed by atoms with Crippen LogP contribution in [0.4, 0.5) is 0 Å². The largest absolute Gasteiger partial charge is 0.503 e. The smallest absolute Gasteiger partial charge is 0.223 e. The third kappa shape index (κ3) is 5.21. The molecule has 0 bridgehead atoms. The summed E-state index contributed by atoms with van der Waals surface area (Å²) in [5.41, 5.74) is 2.60. The van der Waals surface area contributed by atoms with Gasteiger partial charge in [0.15, 0.2) is 5.75 Å². The Bertz CT molecular complexity index is 793. The van der Waals surface area contributed by atoms with Crippen LogP contribution in [-0.2, 0) is 26.7 Å². The zero-order valence-electron chi connectivity index (χ0n) is 16.5. The van der Waals surface area contributed by atoms with Gasteiger partial charge in [0.05, 0.1) is 5.69 Å². The van der Waals surface area contributed by atoms with E-state index in [1.165, 1.54) is 31.2 Å². The summed E-state index contributed by atoms with van der Waals surface area (Å²) in [6.45, 7) is 4.23. The van der Waals surface area contributed by atoms with Crippen LogP contribution in [0, 0.1) is 0 Å². The van der Waals surface area contributed by atoms with Gasteiger partial charge in [-0.05, 0) is 38.5 Å². The molecule has 0 unspecified atom stereocenters. The summed E-state index contributed by atoms with van der Waals surface area (Å²) in [4.78, 5) is 16.9. The first kappa shape index (κ1) is 19.6. The first-order valence-corrected chi connectivity index (χ1v) is 9.90. The lowest BCUT2D eigenvalue weighted by molar-refractivity contribution is 0.265. The molecule has 1 aliphatic heterocycles. The molecule has 3 rings (SSSR count). The molecule has 1 aromatic heterocycles. The Morgan fingerprint density at radius 3 is 2.37 bits per heavy atom. The van der Waals surface area contributed by atoms with Crippen LogP contribution in [-0.4, -0.2) is 39.6 Å². The molecule has 1 fully saturated rings. The van der Waals surface area contributed by atoms with E-state index in [0.29, 0.717) is 12.2 Å². The molecule has 5 nitrogen and oxygen atoms in total. The molecule has 2 aromatic rings. The van der Waals surface area contributed by atoms with Crippen LogP contribution >= 0.6 is 0 Å². The van der Waals surface area contributed by atoms with E-state index in [-0.39, 0.29) is 11.2 Å². The highest BCUT2D eigenvalue weighted by Gasteiger charge is 2.17.